The predicted octanol–water partition coefficient (Wildman–Crippen LogP) is 3.17. The molecule has 2 amide bonds. The van der Waals surface area contributed by atoms with Crippen LogP contribution in [0.1, 0.15) is 37.1 Å². The monoisotopic (exact) mass is 362 g/mol. The van der Waals surface area contributed by atoms with Crippen LogP contribution in [0.2, 0.25) is 0 Å². The number of carbonyl (C=O) groups is 2. The van der Waals surface area contributed by atoms with E-state index in [9.17, 15) is 22.8 Å². The Balaban J connectivity index is 1.88. The van der Waals surface area contributed by atoms with Gasteiger partial charge in [-0.2, -0.15) is 18.2 Å². The van der Waals surface area contributed by atoms with Crippen molar-refractivity contribution in [2.45, 2.75) is 31.9 Å². The number of fused-ring (bicyclic) bond motifs is 1. The number of hydrogen-bond acceptors (Lipinski definition) is 5. The van der Waals surface area contributed by atoms with E-state index in [1.807, 2.05) is 0 Å². The molecule has 1 aromatic carbocycles. The molecule has 0 radical (unpaired) electrons. The van der Waals surface area contributed by atoms with Crippen LogP contribution in [-0.4, -0.2) is 26.8 Å². The highest BCUT2D eigenvalue weighted by Crippen LogP contribution is 2.45. The third-order valence-electron chi connectivity index (χ3n) is 4.34. The zero-order valence-electron chi connectivity index (χ0n) is 13.6. The first-order chi connectivity index (χ1) is 12.3. The summed E-state index contributed by atoms with van der Waals surface area (Å²) < 4.78 is 39.6. The van der Waals surface area contributed by atoms with Gasteiger partial charge in [0.05, 0.1) is 5.52 Å². The molecule has 6 nitrogen and oxygen atoms in total. The standard InChI is InChI=1S/C17H13F3N4O2/c1-8-7-12(25)24(15(8)26)23-14-13-10(9-5-6-9)3-2-4-11(13)21-16(22-14)17(18,19)20/h2-4,7,9H,5-6H2,1H3,(H,21,22,23). The first kappa shape index (κ1) is 16.5. The van der Waals surface area contributed by atoms with Gasteiger partial charge in [0, 0.05) is 17.0 Å². The molecule has 1 N–H and O–H groups in total. The van der Waals surface area contributed by atoms with E-state index in [4.69, 9.17) is 0 Å². The van der Waals surface area contributed by atoms with E-state index in [0.717, 1.165) is 24.5 Å². The van der Waals surface area contributed by atoms with Crippen LogP contribution in [0.25, 0.3) is 10.9 Å². The number of benzene rings is 1. The maximum Gasteiger partial charge on any atom is 0.451 e. The number of nitrogens with zero attached hydrogens (tertiary/aromatic N) is 3. The van der Waals surface area contributed by atoms with Crippen LogP contribution < -0.4 is 5.43 Å². The van der Waals surface area contributed by atoms with Crippen molar-refractivity contribution in [3.8, 4) is 0 Å². The summed E-state index contributed by atoms with van der Waals surface area (Å²) in [5.41, 5.74) is 3.60. The summed E-state index contributed by atoms with van der Waals surface area (Å²) in [6.07, 6.45) is -1.80. The molecular weight excluding hydrogens is 349 g/mol. The fourth-order valence-corrected chi connectivity index (χ4v) is 2.95. The summed E-state index contributed by atoms with van der Waals surface area (Å²) >= 11 is 0. The van der Waals surface area contributed by atoms with Crippen LogP contribution in [0.15, 0.2) is 29.8 Å². The molecule has 2 heterocycles. The first-order valence-corrected chi connectivity index (χ1v) is 7.97. The molecular formula is C17H13F3N4O2. The van der Waals surface area contributed by atoms with Crippen molar-refractivity contribution in [3.63, 3.8) is 0 Å². The van der Waals surface area contributed by atoms with Gasteiger partial charge in [0.2, 0.25) is 5.82 Å². The van der Waals surface area contributed by atoms with E-state index < -0.39 is 23.8 Å². The molecule has 2 aliphatic rings. The number of aromatic nitrogens is 2. The fraction of sp³-hybridized carbons (Fsp3) is 0.294. The van der Waals surface area contributed by atoms with Crippen molar-refractivity contribution < 1.29 is 22.8 Å². The van der Waals surface area contributed by atoms with Crippen LogP contribution >= 0.6 is 0 Å². The number of imide groups is 1. The summed E-state index contributed by atoms with van der Waals surface area (Å²) in [7, 11) is 0. The Morgan fingerprint density at radius 1 is 1.19 bits per heavy atom. The molecule has 1 aliphatic carbocycles. The van der Waals surface area contributed by atoms with Gasteiger partial charge >= 0.3 is 6.18 Å². The van der Waals surface area contributed by atoms with E-state index in [1.165, 1.54) is 13.0 Å². The Hall–Kier alpha value is -2.97. The number of anilines is 1. The molecule has 1 aromatic heterocycles. The quantitative estimate of drug-likeness (QED) is 0.849. The Morgan fingerprint density at radius 2 is 1.92 bits per heavy atom. The van der Waals surface area contributed by atoms with Crippen molar-refractivity contribution in [1.29, 1.82) is 0 Å². The minimum Gasteiger partial charge on any atom is -0.271 e. The van der Waals surface area contributed by atoms with Gasteiger partial charge in [-0.1, -0.05) is 12.1 Å². The number of carbonyl (C=O) groups excluding carboxylic acids is 2. The number of rotatable bonds is 3. The van der Waals surface area contributed by atoms with Crippen molar-refractivity contribution >= 4 is 28.5 Å². The van der Waals surface area contributed by atoms with Gasteiger partial charge in [-0.25, -0.2) is 9.97 Å². The highest BCUT2D eigenvalue weighted by Gasteiger charge is 2.37. The second kappa shape index (κ2) is 5.52. The zero-order valence-corrected chi connectivity index (χ0v) is 13.6. The van der Waals surface area contributed by atoms with Gasteiger partial charge in [-0.15, -0.1) is 0 Å². The summed E-state index contributed by atoms with van der Waals surface area (Å²) in [6, 6.07) is 4.91. The summed E-state index contributed by atoms with van der Waals surface area (Å²) in [6.45, 7) is 1.46. The molecule has 0 bridgehead atoms. The number of nitrogens with one attached hydrogen (secondary N) is 1. The lowest BCUT2D eigenvalue weighted by Crippen LogP contribution is -2.37. The van der Waals surface area contributed by atoms with Crippen LogP contribution in [0.4, 0.5) is 19.0 Å². The normalized spacial score (nSPS) is 17.8. The molecule has 1 saturated carbocycles. The Morgan fingerprint density at radius 3 is 2.50 bits per heavy atom. The van der Waals surface area contributed by atoms with Crippen LogP contribution in [0.5, 0.6) is 0 Å². The third-order valence-corrected chi connectivity index (χ3v) is 4.34. The largest absolute Gasteiger partial charge is 0.451 e. The molecule has 9 heteroatoms. The molecule has 0 spiro atoms. The lowest BCUT2D eigenvalue weighted by molar-refractivity contribution is -0.144. The third kappa shape index (κ3) is 2.69. The van der Waals surface area contributed by atoms with Crippen molar-refractivity contribution in [2.24, 2.45) is 0 Å². The number of hydrazine groups is 1. The van der Waals surface area contributed by atoms with Crippen molar-refractivity contribution in [3.05, 3.63) is 41.2 Å². The molecule has 1 aliphatic heterocycles. The molecule has 2 aromatic rings. The SMILES string of the molecule is CC1=CC(=O)N(Nc2nc(C(F)(F)F)nc3cccc(C4CC4)c23)C1=O. The number of hydrogen-bond donors (Lipinski definition) is 1. The summed E-state index contributed by atoms with van der Waals surface area (Å²) in [4.78, 5) is 31.2. The van der Waals surface area contributed by atoms with Gasteiger partial charge < -0.3 is 0 Å². The summed E-state index contributed by atoms with van der Waals surface area (Å²) in [5.74, 6) is -2.60. The van der Waals surface area contributed by atoms with Crippen molar-refractivity contribution in [2.75, 3.05) is 5.43 Å². The molecule has 4 rings (SSSR count). The first-order valence-electron chi connectivity index (χ1n) is 7.97. The Bertz CT molecular complexity index is 980. The van der Waals surface area contributed by atoms with E-state index in [1.54, 1.807) is 12.1 Å². The maximum atomic E-state index is 13.2. The highest BCUT2D eigenvalue weighted by molar-refractivity contribution is 6.16. The Labute approximate surface area is 145 Å². The van der Waals surface area contributed by atoms with Gasteiger partial charge in [0.15, 0.2) is 5.82 Å². The lowest BCUT2D eigenvalue weighted by Gasteiger charge is -2.19. The molecule has 0 atom stereocenters. The minimum absolute atomic E-state index is 0.114. The van der Waals surface area contributed by atoms with Crippen LogP contribution in [0.3, 0.4) is 0 Å². The molecule has 0 saturated heterocycles. The second-order valence-corrected chi connectivity index (χ2v) is 6.33. The van der Waals surface area contributed by atoms with Crippen LogP contribution in [-0.2, 0) is 15.8 Å². The molecule has 26 heavy (non-hydrogen) atoms. The van der Waals surface area contributed by atoms with E-state index in [0.29, 0.717) is 10.4 Å². The van der Waals surface area contributed by atoms with Crippen molar-refractivity contribution in [1.82, 2.24) is 15.0 Å². The van der Waals surface area contributed by atoms with E-state index >= 15 is 0 Å². The maximum absolute atomic E-state index is 13.2. The number of alkyl halides is 3. The molecule has 1 fully saturated rings. The van der Waals surface area contributed by atoms with Gasteiger partial charge in [0.1, 0.15) is 0 Å². The topological polar surface area (TPSA) is 75.2 Å². The van der Waals surface area contributed by atoms with Gasteiger partial charge in [-0.3, -0.25) is 15.0 Å². The second-order valence-electron chi connectivity index (χ2n) is 6.33. The predicted molar refractivity (Wildman–Crippen MR) is 85.7 cm³/mol. The Kier molecular flexibility index (Phi) is 3.50. The number of halogens is 3. The molecule has 0 unspecified atom stereocenters. The van der Waals surface area contributed by atoms with Crippen LogP contribution in [0, 0.1) is 0 Å². The lowest BCUT2D eigenvalue weighted by atomic mass is 10.0. The molecule has 134 valence electrons. The average molecular weight is 362 g/mol. The van der Waals surface area contributed by atoms with E-state index in [2.05, 4.69) is 15.4 Å². The smallest absolute Gasteiger partial charge is 0.271 e. The van der Waals surface area contributed by atoms with Gasteiger partial charge in [-0.05, 0) is 37.3 Å². The van der Waals surface area contributed by atoms with Gasteiger partial charge in [0.25, 0.3) is 11.8 Å². The zero-order chi connectivity index (χ0) is 18.6. The van der Waals surface area contributed by atoms with E-state index in [-0.39, 0.29) is 22.8 Å². The highest BCUT2D eigenvalue weighted by atomic mass is 19.4. The fourth-order valence-electron chi connectivity index (χ4n) is 2.95. The number of amides is 2. The summed E-state index contributed by atoms with van der Waals surface area (Å²) in [5, 5.41) is 1.06. The average Bonchev–Trinajstić information content (AvgIpc) is 3.38. The minimum atomic E-state index is -4.76.